The molecule has 5 nitrogen and oxygen atoms in total. The van der Waals surface area contributed by atoms with Crippen molar-refractivity contribution in [3.8, 4) is 0 Å². The molecule has 7 heteroatoms. The van der Waals surface area contributed by atoms with E-state index in [1.807, 2.05) is 24.3 Å². The van der Waals surface area contributed by atoms with Crippen molar-refractivity contribution < 1.29 is 4.74 Å². The highest BCUT2D eigenvalue weighted by Gasteiger charge is 2.39. The molecular weight excluding hydrogens is 459 g/mol. The number of thioether (sulfide) groups is 1. The van der Waals surface area contributed by atoms with E-state index in [1.54, 1.807) is 7.11 Å². The number of halogens is 1. The fourth-order valence-corrected chi connectivity index (χ4v) is 4.88. The second kappa shape index (κ2) is 10.7. The van der Waals surface area contributed by atoms with Crippen LogP contribution in [-0.2, 0) is 11.3 Å². The maximum atomic E-state index is 6.21. The first-order valence-electron chi connectivity index (χ1n) is 9.20. The number of guanidine groups is 1. The largest absolute Gasteiger partial charge is 0.380 e. The van der Waals surface area contributed by atoms with Gasteiger partial charge in [-0.1, -0.05) is 31.0 Å². The smallest absolute Gasteiger partial charge is 0.193 e. The standard InChI is InChI=1S/C19H30N4OS.HI/c1-24-14-16-6-2-3-7-17(16)22-18(20)21-15-19(8-4-5-9-19)23-10-12-25-13-11-23;/h2-3,6-7H,4-5,8-15H2,1H3,(H3,20,21,22);1H. The fourth-order valence-electron chi connectivity index (χ4n) is 3.98. The molecule has 0 aromatic heterocycles. The van der Waals surface area contributed by atoms with Gasteiger partial charge in [0.15, 0.2) is 5.96 Å². The van der Waals surface area contributed by atoms with E-state index in [-0.39, 0.29) is 29.5 Å². The van der Waals surface area contributed by atoms with E-state index < -0.39 is 0 Å². The van der Waals surface area contributed by atoms with Gasteiger partial charge in [0.2, 0.25) is 0 Å². The zero-order valence-electron chi connectivity index (χ0n) is 15.6. The van der Waals surface area contributed by atoms with Gasteiger partial charge in [0.1, 0.15) is 0 Å². The third kappa shape index (κ3) is 5.50. The minimum atomic E-state index is 0. The van der Waals surface area contributed by atoms with Crippen LogP contribution in [0.5, 0.6) is 0 Å². The summed E-state index contributed by atoms with van der Waals surface area (Å²) in [4.78, 5) is 7.42. The van der Waals surface area contributed by atoms with Crippen molar-refractivity contribution in [1.82, 2.24) is 4.90 Å². The Hall–Kier alpha value is -0.510. The highest BCUT2D eigenvalue weighted by atomic mass is 127. The molecule has 1 aromatic carbocycles. The van der Waals surface area contributed by atoms with Crippen molar-refractivity contribution in [2.75, 3.05) is 43.6 Å². The normalized spacial score (nSPS) is 20.6. The Kier molecular flexibility index (Phi) is 8.99. The molecule has 0 amide bonds. The van der Waals surface area contributed by atoms with Gasteiger partial charge in [-0.25, -0.2) is 0 Å². The Morgan fingerprint density at radius 1 is 1.27 bits per heavy atom. The highest BCUT2D eigenvalue weighted by Crippen LogP contribution is 2.37. The lowest BCUT2D eigenvalue weighted by Gasteiger charge is -2.42. The van der Waals surface area contributed by atoms with Gasteiger partial charge in [0, 0.05) is 48.5 Å². The van der Waals surface area contributed by atoms with E-state index in [0.29, 0.717) is 12.6 Å². The topological polar surface area (TPSA) is 62.9 Å². The number of benzene rings is 1. The number of aliphatic imine (C=N–C) groups is 1. The van der Waals surface area contributed by atoms with Crippen molar-refractivity contribution in [3.63, 3.8) is 0 Å². The summed E-state index contributed by atoms with van der Waals surface area (Å²) in [5, 5.41) is 3.26. The molecule has 2 fully saturated rings. The van der Waals surface area contributed by atoms with Crippen LogP contribution >= 0.6 is 35.7 Å². The van der Waals surface area contributed by atoms with E-state index in [2.05, 4.69) is 22.0 Å². The van der Waals surface area contributed by atoms with Crippen LogP contribution in [0.25, 0.3) is 0 Å². The lowest BCUT2D eigenvalue weighted by Crippen LogP contribution is -2.52. The number of ether oxygens (including phenoxy) is 1. The van der Waals surface area contributed by atoms with Crippen molar-refractivity contribution in [2.45, 2.75) is 37.8 Å². The number of methoxy groups -OCH3 is 1. The van der Waals surface area contributed by atoms with Gasteiger partial charge in [0.05, 0.1) is 13.2 Å². The van der Waals surface area contributed by atoms with Gasteiger partial charge < -0.3 is 15.8 Å². The molecule has 26 heavy (non-hydrogen) atoms. The zero-order chi connectivity index (χ0) is 17.5. The maximum Gasteiger partial charge on any atom is 0.193 e. The molecule has 0 radical (unpaired) electrons. The van der Waals surface area contributed by atoms with Crippen molar-refractivity contribution in [1.29, 1.82) is 0 Å². The molecule has 0 bridgehead atoms. The third-order valence-electron chi connectivity index (χ3n) is 5.34. The van der Waals surface area contributed by atoms with Gasteiger partial charge in [-0.05, 0) is 18.9 Å². The molecule has 1 aliphatic carbocycles. The summed E-state index contributed by atoms with van der Waals surface area (Å²) in [5.41, 5.74) is 8.50. The average Bonchev–Trinajstić information content (AvgIpc) is 3.13. The van der Waals surface area contributed by atoms with Crippen LogP contribution in [-0.4, -0.2) is 54.6 Å². The summed E-state index contributed by atoms with van der Waals surface area (Å²) in [5.74, 6) is 2.98. The number of para-hydroxylation sites is 1. The number of anilines is 1. The second-order valence-electron chi connectivity index (χ2n) is 6.95. The number of nitrogens with two attached hydrogens (primary N) is 1. The molecule has 1 saturated heterocycles. The van der Waals surface area contributed by atoms with Crippen LogP contribution in [0.3, 0.4) is 0 Å². The molecule has 0 atom stereocenters. The van der Waals surface area contributed by atoms with Crippen LogP contribution in [0.15, 0.2) is 29.3 Å². The second-order valence-corrected chi connectivity index (χ2v) is 8.17. The highest BCUT2D eigenvalue weighted by molar-refractivity contribution is 14.0. The molecule has 3 N–H and O–H groups in total. The fraction of sp³-hybridized carbons (Fsp3) is 0.632. The van der Waals surface area contributed by atoms with Crippen LogP contribution in [0.1, 0.15) is 31.2 Å². The van der Waals surface area contributed by atoms with Crippen LogP contribution in [0.4, 0.5) is 5.69 Å². The van der Waals surface area contributed by atoms with Crippen molar-refractivity contribution in [3.05, 3.63) is 29.8 Å². The van der Waals surface area contributed by atoms with E-state index in [1.165, 1.54) is 50.3 Å². The number of rotatable bonds is 6. The minimum Gasteiger partial charge on any atom is -0.380 e. The SMILES string of the molecule is COCc1ccccc1NC(N)=NCC1(N2CCSCC2)CCCC1.I. The van der Waals surface area contributed by atoms with E-state index in [0.717, 1.165) is 17.8 Å². The molecule has 0 spiro atoms. The first-order valence-corrected chi connectivity index (χ1v) is 10.4. The average molecular weight is 490 g/mol. The number of hydrogen-bond donors (Lipinski definition) is 2. The lowest BCUT2D eigenvalue weighted by atomic mass is 9.95. The van der Waals surface area contributed by atoms with Crippen LogP contribution in [0, 0.1) is 0 Å². The van der Waals surface area contributed by atoms with Crippen LogP contribution < -0.4 is 11.1 Å². The van der Waals surface area contributed by atoms with Gasteiger partial charge in [-0.15, -0.1) is 24.0 Å². The summed E-state index contributed by atoms with van der Waals surface area (Å²) in [6.07, 6.45) is 5.11. The summed E-state index contributed by atoms with van der Waals surface area (Å²) < 4.78 is 5.26. The van der Waals surface area contributed by atoms with Gasteiger partial charge in [-0.2, -0.15) is 11.8 Å². The predicted octanol–water partition coefficient (Wildman–Crippen LogP) is 3.54. The number of nitrogens with zero attached hydrogens (tertiary/aromatic N) is 2. The van der Waals surface area contributed by atoms with E-state index >= 15 is 0 Å². The van der Waals surface area contributed by atoms with E-state index in [4.69, 9.17) is 15.5 Å². The van der Waals surface area contributed by atoms with Gasteiger partial charge >= 0.3 is 0 Å². The third-order valence-corrected chi connectivity index (χ3v) is 6.28. The lowest BCUT2D eigenvalue weighted by molar-refractivity contribution is 0.112. The van der Waals surface area contributed by atoms with Crippen molar-refractivity contribution >= 4 is 47.4 Å². The molecule has 1 heterocycles. The summed E-state index contributed by atoms with van der Waals surface area (Å²) in [6.45, 7) is 3.73. The summed E-state index contributed by atoms with van der Waals surface area (Å²) in [6, 6.07) is 8.07. The Labute approximate surface area is 178 Å². The molecule has 2 aliphatic rings. The molecule has 1 aromatic rings. The zero-order valence-corrected chi connectivity index (χ0v) is 18.7. The molecule has 1 saturated carbocycles. The summed E-state index contributed by atoms with van der Waals surface area (Å²) in [7, 11) is 1.70. The first-order chi connectivity index (χ1) is 12.2. The molecule has 146 valence electrons. The molecular formula is C19H31IN4OS. The molecule has 1 aliphatic heterocycles. The Bertz CT molecular complexity index is 587. The molecule has 0 unspecified atom stereocenters. The maximum absolute atomic E-state index is 6.21. The van der Waals surface area contributed by atoms with Gasteiger partial charge in [0.25, 0.3) is 0 Å². The van der Waals surface area contributed by atoms with Gasteiger partial charge in [-0.3, -0.25) is 9.89 Å². The quantitative estimate of drug-likeness (QED) is 0.363. The van der Waals surface area contributed by atoms with E-state index in [9.17, 15) is 0 Å². The first kappa shape index (κ1) is 21.8. The monoisotopic (exact) mass is 490 g/mol. The van der Waals surface area contributed by atoms with Crippen LogP contribution in [0.2, 0.25) is 0 Å². The Morgan fingerprint density at radius 2 is 1.96 bits per heavy atom. The Balaban J connectivity index is 0.00000243. The number of hydrogen-bond acceptors (Lipinski definition) is 4. The molecule has 3 rings (SSSR count). The van der Waals surface area contributed by atoms with Crippen molar-refractivity contribution in [2.24, 2.45) is 10.7 Å². The Morgan fingerprint density at radius 3 is 2.65 bits per heavy atom. The summed E-state index contributed by atoms with van der Waals surface area (Å²) >= 11 is 2.06. The minimum absolute atomic E-state index is 0. The predicted molar refractivity (Wildman–Crippen MR) is 123 cm³/mol. The number of nitrogens with one attached hydrogen (secondary N) is 1.